The lowest BCUT2D eigenvalue weighted by molar-refractivity contribution is 0.628. The first-order chi connectivity index (χ1) is 14.0. The van der Waals surface area contributed by atoms with E-state index in [2.05, 4.69) is 45.3 Å². The minimum absolute atomic E-state index is 0.312. The van der Waals surface area contributed by atoms with Crippen molar-refractivity contribution in [3.05, 3.63) is 77.9 Å². The minimum Gasteiger partial charge on any atom is -0.324 e. The van der Waals surface area contributed by atoms with Crippen molar-refractivity contribution in [2.45, 2.75) is 13.8 Å². The van der Waals surface area contributed by atoms with Gasteiger partial charge in [-0.15, -0.1) is 0 Å². The lowest BCUT2D eigenvalue weighted by atomic mass is 10.2. The first-order valence-corrected chi connectivity index (χ1v) is 9.95. The SMILES string of the molecule is Cc1cccc(N(C)c2nc(C)c(-c3ccnc(Nc4cccc(F)c4)n3)s2)c1. The van der Waals surface area contributed by atoms with Crippen molar-refractivity contribution >= 4 is 33.8 Å². The predicted octanol–water partition coefficient (Wildman–Crippen LogP) is 5.87. The van der Waals surface area contributed by atoms with E-state index in [0.29, 0.717) is 11.6 Å². The summed E-state index contributed by atoms with van der Waals surface area (Å²) in [6.45, 7) is 4.05. The van der Waals surface area contributed by atoms with Crippen molar-refractivity contribution in [2.24, 2.45) is 0 Å². The van der Waals surface area contributed by atoms with Gasteiger partial charge in [-0.25, -0.2) is 19.3 Å². The van der Waals surface area contributed by atoms with Crippen molar-refractivity contribution in [2.75, 3.05) is 17.3 Å². The lowest BCUT2D eigenvalue weighted by Gasteiger charge is -2.16. The number of aromatic nitrogens is 3. The van der Waals surface area contributed by atoms with Crippen LogP contribution in [0, 0.1) is 19.7 Å². The van der Waals surface area contributed by atoms with Crippen LogP contribution < -0.4 is 10.2 Å². The van der Waals surface area contributed by atoms with Crippen LogP contribution in [0.4, 0.5) is 26.8 Å². The molecule has 0 radical (unpaired) electrons. The number of anilines is 4. The zero-order valence-corrected chi connectivity index (χ0v) is 17.2. The molecule has 4 rings (SSSR count). The van der Waals surface area contributed by atoms with Gasteiger partial charge in [0, 0.05) is 24.6 Å². The van der Waals surface area contributed by atoms with Gasteiger partial charge in [-0.1, -0.05) is 29.5 Å². The minimum atomic E-state index is -0.312. The van der Waals surface area contributed by atoms with Gasteiger partial charge in [-0.3, -0.25) is 0 Å². The van der Waals surface area contributed by atoms with E-state index < -0.39 is 0 Å². The summed E-state index contributed by atoms with van der Waals surface area (Å²) in [6, 6.07) is 16.4. The number of halogens is 1. The molecule has 0 spiro atoms. The number of rotatable bonds is 5. The van der Waals surface area contributed by atoms with Crippen LogP contribution in [-0.4, -0.2) is 22.0 Å². The Kier molecular flexibility index (Phi) is 5.22. The molecular formula is C22H20FN5S. The Hall–Kier alpha value is -3.32. The Morgan fingerprint density at radius 1 is 1.00 bits per heavy atom. The van der Waals surface area contributed by atoms with Gasteiger partial charge >= 0.3 is 0 Å². The van der Waals surface area contributed by atoms with Crippen molar-refractivity contribution < 1.29 is 4.39 Å². The smallest absolute Gasteiger partial charge is 0.227 e. The summed E-state index contributed by atoms with van der Waals surface area (Å²) in [5, 5.41) is 3.94. The first kappa shape index (κ1) is 19.0. The average Bonchev–Trinajstić information content (AvgIpc) is 3.09. The third-order valence-corrected chi connectivity index (χ3v) is 5.69. The quantitative estimate of drug-likeness (QED) is 0.450. The predicted molar refractivity (Wildman–Crippen MR) is 117 cm³/mol. The Bertz CT molecular complexity index is 1160. The standard InChI is InChI=1S/C22H20FN5S/c1-14-6-4-9-18(12-14)28(3)22-25-15(2)20(29-22)19-10-11-24-21(27-19)26-17-8-5-7-16(23)13-17/h4-13H,1-3H3,(H,24,26,27). The summed E-state index contributed by atoms with van der Waals surface area (Å²) in [5.41, 5.74) is 4.56. The van der Waals surface area contributed by atoms with E-state index in [1.807, 2.05) is 26.1 Å². The number of nitrogens with one attached hydrogen (secondary N) is 1. The molecule has 146 valence electrons. The molecule has 1 N–H and O–H groups in total. The Balaban J connectivity index is 1.62. The molecule has 0 aliphatic rings. The summed E-state index contributed by atoms with van der Waals surface area (Å²) >= 11 is 1.58. The summed E-state index contributed by atoms with van der Waals surface area (Å²) < 4.78 is 13.4. The second kappa shape index (κ2) is 7.97. The third kappa shape index (κ3) is 4.25. The normalized spacial score (nSPS) is 10.8. The van der Waals surface area contributed by atoms with E-state index >= 15 is 0 Å². The maximum atomic E-state index is 13.4. The van der Waals surface area contributed by atoms with Gasteiger partial charge in [-0.05, 0) is 55.8 Å². The first-order valence-electron chi connectivity index (χ1n) is 9.13. The summed E-state index contributed by atoms with van der Waals surface area (Å²) in [4.78, 5) is 16.6. The van der Waals surface area contributed by atoms with Gasteiger partial charge in [0.05, 0.1) is 16.3 Å². The molecule has 0 unspecified atom stereocenters. The highest BCUT2D eigenvalue weighted by molar-refractivity contribution is 7.19. The van der Waals surface area contributed by atoms with Gasteiger partial charge in [0.15, 0.2) is 5.13 Å². The number of hydrogen-bond donors (Lipinski definition) is 1. The zero-order chi connectivity index (χ0) is 20.4. The molecule has 5 nitrogen and oxygen atoms in total. The van der Waals surface area contributed by atoms with E-state index in [4.69, 9.17) is 4.98 Å². The molecule has 2 heterocycles. The van der Waals surface area contributed by atoms with E-state index in [9.17, 15) is 4.39 Å². The molecule has 0 saturated heterocycles. The van der Waals surface area contributed by atoms with Gasteiger partial charge < -0.3 is 10.2 Å². The van der Waals surface area contributed by atoms with Crippen molar-refractivity contribution in [1.82, 2.24) is 15.0 Å². The second-order valence-corrected chi connectivity index (χ2v) is 7.69. The van der Waals surface area contributed by atoms with Crippen molar-refractivity contribution in [3.63, 3.8) is 0 Å². The number of thiazole rings is 1. The van der Waals surface area contributed by atoms with Crippen LogP contribution >= 0.6 is 11.3 Å². The summed E-state index contributed by atoms with van der Waals surface area (Å²) in [6.07, 6.45) is 1.69. The fraction of sp³-hybridized carbons (Fsp3) is 0.136. The summed E-state index contributed by atoms with van der Waals surface area (Å²) in [5.74, 6) is 0.0998. The molecule has 0 aliphatic heterocycles. The molecule has 0 fully saturated rings. The van der Waals surface area contributed by atoms with Crippen LogP contribution in [0.3, 0.4) is 0 Å². The van der Waals surface area contributed by atoms with Gasteiger partial charge in [0.1, 0.15) is 5.82 Å². The van der Waals surface area contributed by atoms with E-state index in [-0.39, 0.29) is 5.82 Å². The van der Waals surface area contributed by atoms with Crippen molar-refractivity contribution in [3.8, 4) is 10.6 Å². The largest absolute Gasteiger partial charge is 0.324 e. The highest BCUT2D eigenvalue weighted by atomic mass is 32.1. The van der Waals surface area contributed by atoms with Gasteiger partial charge in [-0.2, -0.15) is 0 Å². The monoisotopic (exact) mass is 405 g/mol. The molecule has 0 aliphatic carbocycles. The number of nitrogens with zero attached hydrogens (tertiary/aromatic N) is 4. The molecule has 0 saturated carbocycles. The van der Waals surface area contributed by atoms with E-state index in [1.165, 1.54) is 17.7 Å². The van der Waals surface area contributed by atoms with Crippen LogP contribution in [0.5, 0.6) is 0 Å². The highest BCUT2D eigenvalue weighted by Gasteiger charge is 2.16. The molecular weight excluding hydrogens is 385 g/mol. The van der Waals surface area contributed by atoms with Crippen LogP contribution in [0.15, 0.2) is 60.8 Å². The topological polar surface area (TPSA) is 53.9 Å². The van der Waals surface area contributed by atoms with Crippen LogP contribution in [-0.2, 0) is 0 Å². The zero-order valence-electron chi connectivity index (χ0n) is 16.3. The fourth-order valence-corrected chi connectivity index (χ4v) is 3.97. The summed E-state index contributed by atoms with van der Waals surface area (Å²) in [7, 11) is 2.01. The highest BCUT2D eigenvalue weighted by Crippen LogP contribution is 2.36. The molecule has 0 amide bonds. The van der Waals surface area contributed by atoms with Gasteiger partial charge in [0.25, 0.3) is 0 Å². The third-order valence-electron chi connectivity index (χ3n) is 4.43. The Morgan fingerprint density at radius 3 is 2.62 bits per heavy atom. The molecule has 29 heavy (non-hydrogen) atoms. The maximum absolute atomic E-state index is 13.4. The van der Waals surface area contributed by atoms with Crippen molar-refractivity contribution in [1.29, 1.82) is 0 Å². The number of benzene rings is 2. The molecule has 4 aromatic rings. The second-order valence-electron chi connectivity index (χ2n) is 6.71. The average molecular weight is 406 g/mol. The Labute approximate surface area is 172 Å². The molecule has 2 aromatic heterocycles. The van der Waals surface area contributed by atoms with Crippen LogP contribution in [0.25, 0.3) is 10.6 Å². The lowest BCUT2D eigenvalue weighted by Crippen LogP contribution is -2.08. The van der Waals surface area contributed by atoms with Crippen LogP contribution in [0.2, 0.25) is 0 Å². The maximum Gasteiger partial charge on any atom is 0.227 e. The van der Waals surface area contributed by atoms with Gasteiger partial charge in [0.2, 0.25) is 5.95 Å². The van der Waals surface area contributed by atoms with E-state index in [1.54, 1.807) is 29.7 Å². The molecule has 0 atom stereocenters. The molecule has 0 bridgehead atoms. The molecule has 2 aromatic carbocycles. The number of hydrogen-bond acceptors (Lipinski definition) is 6. The molecule has 7 heteroatoms. The Morgan fingerprint density at radius 2 is 1.83 bits per heavy atom. The van der Waals surface area contributed by atoms with E-state index in [0.717, 1.165) is 27.1 Å². The number of aryl methyl sites for hydroxylation is 2. The fourth-order valence-electron chi connectivity index (χ4n) is 2.95. The van der Waals surface area contributed by atoms with Crippen LogP contribution in [0.1, 0.15) is 11.3 Å².